The van der Waals surface area contributed by atoms with Crippen molar-refractivity contribution in [2.24, 2.45) is 0 Å². The maximum atomic E-state index is 11.5. The number of nitrogens with one attached hydrogen (secondary N) is 3. The molecule has 0 fully saturated rings. The molecule has 0 aliphatic rings. The number of carbonyl (C=O) groups excluding carboxylic acids is 3. The minimum Gasteiger partial charge on any atom is -0.355 e. The van der Waals surface area contributed by atoms with E-state index in [-0.39, 0.29) is 17.7 Å². The van der Waals surface area contributed by atoms with Crippen LogP contribution in [0.15, 0.2) is 0 Å². The van der Waals surface area contributed by atoms with Crippen LogP contribution < -0.4 is 16.0 Å². The lowest BCUT2D eigenvalue weighted by Crippen LogP contribution is -2.51. The van der Waals surface area contributed by atoms with Gasteiger partial charge >= 0.3 is 0 Å². The second kappa shape index (κ2) is 6.81. The second-order valence-electron chi connectivity index (χ2n) is 3.55. The van der Waals surface area contributed by atoms with Crippen LogP contribution in [-0.4, -0.2) is 36.3 Å². The molecule has 0 saturated carbocycles. The highest BCUT2D eigenvalue weighted by Gasteiger charge is 2.19. The van der Waals surface area contributed by atoms with E-state index in [2.05, 4.69) is 16.0 Å². The van der Waals surface area contributed by atoms with Crippen LogP contribution in [0.2, 0.25) is 0 Å². The zero-order valence-corrected chi connectivity index (χ0v) is 10.1. The summed E-state index contributed by atoms with van der Waals surface area (Å²) in [7, 11) is 0. The average Bonchev–Trinajstić information content (AvgIpc) is 2.16. The van der Waals surface area contributed by atoms with Crippen LogP contribution >= 0.6 is 0 Å². The molecule has 92 valence electrons. The van der Waals surface area contributed by atoms with Crippen LogP contribution in [0, 0.1) is 0 Å². The Balaban J connectivity index is 4.12. The Morgan fingerprint density at radius 1 is 1.00 bits per heavy atom. The van der Waals surface area contributed by atoms with E-state index in [0.717, 1.165) is 0 Å². The number of rotatable bonds is 5. The van der Waals surface area contributed by atoms with Gasteiger partial charge in [-0.05, 0) is 20.8 Å². The fourth-order valence-corrected chi connectivity index (χ4v) is 1.10. The van der Waals surface area contributed by atoms with Gasteiger partial charge in [0.25, 0.3) is 0 Å². The minimum absolute atomic E-state index is 0.245. The van der Waals surface area contributed by atoms with Crippen molar-refractivity contribution in [1.29, 1.82) is 0 Å². The standard InChI is InChI=1S/C10H19N3O3/c1-5-11-9(15)6(2)13-10(16)7(3)12-8(4)14/h6-7H,5H2,1-4H3,(H,11,15)(H,12,14)(H,13,16). The topological polar surface area (TPSA) is 87.3 Å². The van der Waals surface area contributed by atoms with Crippen molar-refractivity contribution < 1.29 is 14.4 Å². The van der Waals surface area contributed by atoms with Crippen molar-refractivity contribution in [3.8, 4) is 0 Å². The number of carbonyl (C=O) groups is 3. The second-order valence-corrected chi connectivity index (χ2v) is 3.55. The molecule has 0 saturated heterocycles. The van der Waals surface area contributed by atoms with Crippen LogP contribution in [-0.2, 0) is 14.4 Å². The molecule has 6 nitrogen and oxygen atoms in total. The molecule has 0 aromatic rings. The summed E-state index contributed by atoms with van der Waals surface area (Å²) in [6.07, 6.45) is 0. The molecule has 0 radical (unpaired) electrons. The highest BCUT2D eigenvalue weighted by Crippen LogP contribution is 1.87. The maximum Gasteiger partial charge on any atom is 0.242 e. The molecule has 0 spiro atoms. The van der Waals surface area contributed by atoms with Crippen LogP contribution in [0.25, 0.3) is 0 Å². The molecule has 0 rings (SSSR count). The Kier molecular flexibility index (Phi) is 6.14. The molecule has 0 aromatic carbocycles. The number of amides is 3. The predicted octanol–water partition coefficient (Wildman–Crippen LogP) is -0.848. The van der Waals surface area contributed by atoms with Crippen LogP contribution in [0.5, 0.6) is 0 Å². The SMILES string of the molecule is CCNC(=O)C(C)NC(=O)C(C)NC(C)=O. The van der Waals surface area contributed by atoms with Gasteiger partial charge in [0.15, 0.2) is 0 Å². The van der Waals surface area contributed by atoms with Gasteiger partial charge in [-0.15, -0.1) is 0 Å². The smallest absolute Gasteiger partial charge is 0.242 e. The normalized spacial score (nSPS) is 13.5. The minimum atomic E-state index is -0.644. The molecule has 0 bridgehead atoms. The van der Waals surface area contributed by atoms with E-state index in [1.807, 2.05) is 0 Å². The van der Waals surface area contributed by atoms with Crippen LogP contribution in [0.3, 0.4) is 0 Å². The lowest BCUT2D eigenvalue weighted by atomic mass is 10.2. The van der Waals surface area contributed by atoms with Gasteiger partial charge < -0.3 is 16.0 Å². The first-order valence-corrected chi connectivity index (χ1v) is 5.23. The zero-order valence-electron chi connectivity index (χ0n) is 10.1. The molecule has 0 aliphatic carbocycles. The third-order valence-electron chi connectivity index (χ3n) is 1.92. The molecule has 2 atom stereocenters. The summed E-state index contributed by atoms with van der Waals surface area (Å²) in [6.45, 7) is 6.79. The van der Waals surface area contributed by atoms with Crippen molar-refractivity contribution in [3.63, 3.8) is 0 Å². The molecular formula is C10H19N3O3. The molecule has 16 heavy (non-hydrogen) atoms. The van der Waals surface area contributed by atoms with E-state index in [0.29, 0.717) is 6.54 Å². The van der Waals surface area contributed by atoms with Gasteiger partial charge in [-0.2, -0.15) is 0 Å². The first-order valence-electron chi connectivity index (χ1n) is 5.23. The van der Waals surface area contributed by atoms with Crippen molar-refractivity contribution in [2.75, 3.05) is 6.54 Å². The highest BCUT2D eigenvalue weighted by atomic mass is 16.2. The molecule has 2 unspecified atom stereocenters. The average molecular weight is 229 g/mol. The van der Waals surface area contributed by atoms with Crippen LogP contribution in [0.1, 0.15) is 27.7 Å². The summed E-state index contributed by atoms with van der Waals surface area (Å²) < 4.78 is 0. The van der Waals surface area contributed by atoms with Crippen molar-refractivity contribution in [2.45, 2.75) is 39.8 Å². The first-order chi connectivity index (χ1) is 7.38. The molecule has 6 heteroatoms. The summed E-state index contributed by atoms with van der Waals surface area (Å²) in [5, 5.41) is 7.53. The fourth-order valence-electron chi connectivity index (χ4n) is 1.10. The summed E-state index contributed by atoms with van der Waals surface area (Å²) in [5.41, 5.74) is 0. The van der Waals surface area contributed by atoms with Gasteiger partial charge in [0, 0.05) is 13.5 Å². The van der Waals surface area contributed by atoms with Gasteiger partial charge in [0.2, 0.25) is 17.7 Å². The van der Waals surface area contributed by atoms with Crippen molar-refractivity contribution in [3.05, 3.63) is 0 Å². The number of hydrogen-bond acceptors (Lipinski definition) is 3. The van der Waals surface area contributed by atoms with E-state index in [9.17, 15) is 14.4 Å². The summed E-state index contributed by atoms with van der Waals surface area (Å²) in [6, 6.07) is -1.25. The van der Waals surface area contributed by atoms with Gasteiger partial charge in [0.05, 0.1) is 0 Å². The number of likely N-dealkylation sites (N-methyl/N-ethyl adjacent to an activating group) is 1. The summed E-state index contributed by atoms with van der Waals surface area (Å²) in [4.78, 5) is 33.5. The third-order valence-corrected chi connectivity index (χ3v) is 1.92. The first kappa shape index (κ1) is 14.4. The number of hydrogen-bond donors (Lipinski definition) is 3. The van der Waals surface area contributed by atoms with Gasteiger partial charge in [0.1, 0.15) is 12.1 Å². The van der Waals surface area contributed by atoms with Gasteiger partial charge in [-0.25, -0.2) is 0 Å². The maximum absolute atomic E-state index is 11.5. The lowest BCUT2D eigenvalue weighted by Gasteiger charge is -2.17. The van der Waals surface area contributed by atoms with Crippen molar-refractivity contribution >= 4 is 17.7 Å². The third kappa shape index (κ3) is 5.33. The van der Waals surface area contributed by atoms with E-state index in [4.69, 9.17) is 0 Å². The van der Waals surface area contributed by atoms with E-state index >= 15 is 0 Å². The monoisotopic (exact) mass is 229 g/mol. The molecular weight excluding hydrogens is 210 g/mol. The molecule has 3 N–H and O–H groups in total. The Labute approximate surface area is 95.2 Å². The largest absolute Gasteiger partial charge is 0.355 e. The Bertz CT molecular complexity index is 278. The van der Waals surface area contributed by atoms with Gasteiger partial charge in [-0.3, -0.25) is 14.4 Å². The van der Waals surface area contributed by atoms with E-state index in [1.54, 1.807) is 20.8 Å². The Morgan fingerprint density at radius 2 is 1.50 bits per heavy atom. The predicted molar refractivity (Wildman–Crippen MR) is 59.6 cm³/mol. The molecule has 0 aliphatic heterocycles. The lowest BCUT2D eigenvalue weighted by molar-refractivity contribution is -0.131. The Hall–Kier alpha value is -1.59. The molecule has 0 heterocycles. The van der Waals surface area contributed by atoms with Crippen molar-refractivity contribution in [1.82, 2.24) is 16.0 Å². The highest BCUT2D eigenvalue weighted by molar-refractivity contribution is 5.91. The quantitative estimate of drug-likeness (QED) is 0.574. The Morgan fingerprint density at radius 3 is 1.94 bits per heavy atom. The van der Waals surface area contributed by atoms with Gasteiger partial charge in [-0.1, -0.05) is 0 Å². The van der Waals surface area contributed by atoms with E-state index in [1.165, 1.54) is 6.92 Å². The molecule has 0 aromatic heterocycles. The van der Waals surface area contributed by atoms with Crippen LogP contribution in [0.4, 0.5) is 0 Å². The summed E-state index contributed by atoms with van der Waals surface area (Å²) >= 11 is 0. The fraction of sp³-hybridized carbons (Fsp3) is 0.700. The molecule has 3 amide bonds. The summed E-state index contributed by atoms with van der Waals surface area (Å²) in [5.74, 6) is -0.909. The van der Waals surface area contributed by atoms with E-state index < -0.39 is 12.1 Å². The zero-order chi connectivity index (χ0) is 12.7.